The Bertz CT molecular complexity index is 1080. The Kier molecular flexibility index (Phi) is 8.36. The lowest BCUT2D eigenvalue weighted by Gasteiger charge is -2.36. The zero-order chi connectivity index (χ0) is 25.7. The Morgan fingerprint density at radius 1 is 1.14 bits per heavy atom. The second-order valence-electron chi connectivity index (χ2n) is 10.2. The summed E-state index contributed by atoms with van der Waals surface area (Å²) in [6, 6.07) is 16.9. The first kappa shape index (κ1) is 26.2. The standard InChI is InChI=1S/C28H34N2O5S/c1-28(2,3)27(33)35-18-36-24(15-19-9-5-4-6-10-19)25(31)29-22-16-20-11-7-8-12-21(20)23-17-34-14-13-30(23)26(22)32/h4-12,22-24H,13-18H2,1-3H3,(H,29,31)/t22?,23?,24-/m0/s1. The van der Waals surface area contributed by atoms with Crippen molar-refractivity contribution in [3.05, 3.63) is 71.3 Å². The number of fused-ring (bicyclic) bond motifs is 3. The van der Waals surface area contributed by atoms with Crippen molar-refractivity contribution in [3.63, 3.8) is 0 Å². The lowest BCUT2D eigenvalue weighted by atomic mass is 9.97. The van der Waals surface area contributed by atoms with E-state index in [1.807, 2.05) is 59.5 Å². The molecule has 0 saturated carbocycles. The first-order chi connectivity index (χ1) is 17.2. The zero-order valence-electron chi connectivity index (χ0n) is 21.1. The lowest BCUT2D eigenvalue weighted by molar-refractivity contribution is -0.150. The lowest BCUT2D eigenvalue weighted by Crippen LogP contribution is -2.53. The number of nitrogens with one attached hydrogen (secondary N) is 1. The molecule has 0 bridgehead atoms. The minimum absolute atomic E-state index is 0.0635. The Balaban J connectivity index is 1.51. The summed E-state index contributed by atoms with van der Waals surface area (Å²) >= 11 is 1.27. The molecule has 2 aromatic rings. The first-order valence-electron chi connectivity index (χ1n) is 12.3. The second kappa shape index (κ2) is 11.5. The Morgan fingerprint density at radius 2 is 1.86 bits per heavy atom. The van der Waals surface area contributed by atoms with Crippen LogP contribution in [0.3, 0.4) is 0 Å². The molecule has 0 radical (unpaired) electrons. The number of hydrogen-bond acceptors (Lipinski definition) is 6. The minimum Gasteiger partial charge on any atom is -0.454 e. The van der Waals surface area contributed by atoms with Crippen LogP contribution in [0.15, 0.2) is 54.6 Å². The summed E-state index contributed by atoms with van der Waals surface area (Å²) in [4.78, 5) is 41.2. The molecule has 0 aromatic heterocycles. The number of benzene rings is 2. The number of carbonyl (C=O) groups is 3. The van der Waals surface area contributed by atoms with Crippen LogP contribution in [0.5, 0.6) is 0 Å². The monoisotopic (exact) mass is 510 g/mol. The van der Waals surface area contributed by atoms with Crippen LogP contribution in [0.1, 0.15) is 43.5 Å². The number of nitrogens with zero attached hydrogens (tertiary/aromatic N) is 1. The Hall–Kier alpha value is -2.84. The van der Waals surface area contributed by atoms with Gasteiger partial charge in [0.15, 0.2) is 0 Å². The van der Waals surface area contributed by atoms with Crippen molar-refractivity contribution in [2.24, 2.45) is 5.41 Å². The van der Waals surface area contributed by atoms with Gasteiger partial charge in [-0.3, -0.25) is 14.4 Å². The third-order valence-corrected chi connectivity index (χ3v) is 7.53. The van der Waals surface area contributed by atoms with Crippen LogP contribution in [-0.2, 0) is 36.7 Å². The molecule has 0 aliphatic carbocycles. The highest BCUT2D eigenvalue weighted by Gasteiger charge is 2.39. The van der Waals surface area contributed by atoms with Gasteiger partial charge >= 0.3 is 5.97 Å². The van der Waals surface area contributed by atoms with Gasteiger partial charge in [-0.1, -0.05) is 54.6 Å². The molecular formula is C28H34N2O5S. The van der Waals surface area contributed by atoms with E-state index in [4.69, 9.17) is 9.47 Å². The summed E-state index contributed by atoms with van der Waals surface area (Å²) in [5.41, 5.74) is 2.50. The van der Waals surface area contributed by atoms with E-state index in [0.717, 1.165) is 16.7 Å². The van der Waals surface area contributed by atoms with Crippen LogP contribution in [-0.4, -0.2) is 59.7 Å². The van der Waals surface area contributed by atoms with Gasteiger partial charge in [0.1, 0.15) is 12.0 Å². The van der Waals surface area contributed by atoms with Crippen molar-refractivity contribution in [3.8, 4) is 0 Å². The molecule has 2 aliphatic heterocycles. The van der Waals surface area contributed by atoms with Crippen molar-refractivity contribution in [2.75, 3.05) is 25.7 Å². The molecule has 8 heteroatoms. The predicted molar refractivity (Wildman–Crippen MR) is 139 cm³/mol. The Labute approximate surface area is 216 Å². The van der Waals surface area contributed by atoms with Crippen LogP contribution in [0.2, 0.25) is 0 Å². The molecular weight excluding hydrogens is 476 g/mol. The Morgan fingerprint density at radius 3 is 2.61 bits per heavy atom. The maximum atomic E-state index is 13.6. The maximum Gasteiger partial charge on any atom is 0.312 e. The van der Waals surface area contributed by atoms with Gasteiger partial charge in [-0.2, -0.15) is 0 Å². The number of carbonyl (C=O) groups excluding carboxylic acids is 3. The summed E-state index contributed by atoms with van der Waals surface area (Å²) in [5, 5.41) is 2.52. The van der Waals surface area contributed by atoms with Crippen molar-refractivity contribution >= 4 is 29.5 Å². The van der Waals surface area contributed by atoms with E-state index in [2.05, 4.69) is 5.32 Å². The van der Waals surface area contributed by atoms with E-state index in [1.54, 1.807) is 20.8 Å². The van der Waals surface area contributed by atoms with Gasteiger partial charge in [0, 0.05) is 13.0 Å². The minimum atomic E-state index is -0.669. The van der Waals surface area contributed by atoms with E-state index < -0.39 is 16.7 Å². The van der Waals surface area contributed by atoms with Gasteiger partial charge in [0.25, 0.3) is 0 Å². The summed E-state index contributed by atoms with van der Waals surface area (Å²) < 4.78 is 11.1. The quantitative estimate of drug-likeness (QED) is 0.453. The number of rotatable bonds is 7. The molecule has 1 N–H and O–H groups in total. The summed E-state index contributed by atoms with van der Waals surface area (Å²) in [6.45, 7) is 6.81. The van der Waals surface area contributed by atoms with Gasteiger partial charge in [-0.25, -0.2) is 0 Å². The molecule has 2 aromatic carbocycles. The van der Waals surface area contributed by atoms with E-state index in [1.165, 1.54) is 11.8 Å². The molecule has 2 unspecified atom stereocenters. The van der Waals surface area contributed by atoms with E-state index in [9.17, 15) is 14.4 Å². The SMILES string of the molecule is CC(C)(C)C(=O)OCS[C@@H](Cc1ccccc1)C(=O)NC1Cc2ccccc2C2COCCN2C1=O. The fraction of sp³-hybridized carbons (Fsp3) is 0.464. The molecule has 1 saturated heterocycles. The summed E-state index contributed by atoms with van der Waals surface area (Å²) in [5.74, 6) is -0.579. The van der Waals surface area contributed by atoms with E-state index in [0.29, 0.717) is 32.6 Å². The largest absolute Gasteiger partial charge is 0.454 e. The highest BCUT2D eigenvalue weighted by Crippen LogP contribution is 2.32. The predicted octanol–water partition coefficient (Wildman–Crippen LogP) is 3.52. The van der Waals surface area contributed by atoms with Crippen molar-refractivity contribution in [1.29, 1.82) is 0 Å². The van der Waals surface area contributed by atoms with E-state index in [-0.39, 0.29) is 29.8 Å². The highest BCUT2D eigenvalue weighted by atomic mass is 32.2. The van der Waals surface area contributed by atoms with Gasteiger partial charge in [-0.05, 0) is 43.9 Å². The number of thioether (sulfide) groups is 1. The average molecular weight is 511 g/mol. The van der Waals surface area contributed by atoms with Crippen molar-refractivity contribution in [2.45, 2.75) is 50.9 Å². The highest BCUT2D eigenvalue weighted by molar-refractivity contribution is 8.00. The van der Waals surface area contributed by atoms with Gasteiger partial charge in [0.2, 0.25) is 11.8 Å². The molecule has 7 nitrogen and oxygen atoms in total. The van der Waals surface area contributed by atoms with Crippen LogP contribution in [0.4, 0.5) is 0 Å². The number of amides is 2. The number of esters is 1. The fourth-order valence-corrected chi connectivity index (χ4v) is 5.37. The topological polar surface area (TPSA) is 84.9 Å². The first-order valence-corrected chi connectivity index (χ1v) is 13.4. The number of ether oxygens (including phenoxy) is 2. The third-order valence-electron chi connectivity index (χ3n) is 6.49. The van der Waals surface area contributed by atoms with Crippen molar-refractivity contribution < 1.29 is 23.9 Å². The molecule has 2 aliphatic rings. The maximum absolute atomic E-state index is 13.6. The van der Waals surface area contributed by atoms with Crippen molar-refractivity contribution in [1.82, 2.24) is 10.2 Å². The summed E-state index contributed by atoms with van der Waals surface area (Å²) in [7, 11) is 0. The number of hydrogen-bond donors (Lipinski definition) is 1. The molecule has 0 spiro atoms. The normalized spacial score (nSPS) is 20.5. The molecule has 2 heterocycles. The number of morpholine rings is 1. The third kappa shape index (κ3) is 6.28. The zero-order valence-corrected chi connectivity index (χ0v) is 21.9. The van der Waals surface area contributed by atoms with E-state index >= 15 is 0 Å². The fourth-order valence-electron chi connectivity index (χ4n) is 4.50. The molecule has 2 amide bonds. The van der Waals surface area contributed by atoms with Crippen LogP contribution in [0.25, 0.3) is 0 Å². The van der Waals surface area contributed by atoms with Gasteiger partial charge < -0.3 is 19.7 Å². The molecule has 4 rings (SSSR count). The average Bonchev–Trinajstić information content (AvgIpc) is 2.98. The molecule has 192 valence electrons. The molecule has 36 heavy (non-hydrogen) atoms. The molecule has 3 atom stereocenters. The van der Waals surface area contributed by atoms with Gasteiger partial charge in [-0.15, -0.1) is 11.8 Å². The van der Waals surface area contributed by atoms with Crippen LogP contribution >= 0.6 is 11.8 Å². The van der Waals surface area contributed by atoms with Crippen LogP contribution in [0, 0.1) is 5.41 Å². The van der Waals surface area contributed by atoms with Crippen LogP contribution < -0.4 is 5.32 Å². The smallest absolute Gasteiger partial charge is 0.312 e. The summed E-state index contributed by atoms with van der Waals surface area (Å²) in [6.07, 6.45) is 0.886. The second-order valence-corrected chi connectivity index (χ2v) is 11.4. The van der Waals surface area contributed by atoms with Gasteiger partial charge in [0.05, 0.1) is 29.9 Å². The molecule has 1 fully saturated rings.